The number of nitrogens with one attached hydrogen (secondary N) is 1. The van der Waals surface area contributed by atoms with E-state index in [9.17, 15) is 9.59 Å². The van der Waals surface area contributed by atoms with Gasteiger partial charge in [0, 0.05) is 6.04 Å². The molecular formula is C16H21NO3. The Morgan fingerprint density at radius 2 is 2.10 bits per heavy atom. The van der Waals surface area contributed by atoms with E-state index in [1.165, 1.54) is 0 Å². The van der Waals surface area contributed by atoms with Crippen molar-refractivity contribution in [2.45, 2.75) is 51.0 Å². The summed E-state index contributed by atoms with van der Waals surface area (Å²) in [7, 11) is 0. The lowest BCUT2D eigenvalue weighted by Gasteiger charge is -2.41. The molecular weight excluding hydrogens is 254 g/mol. The quantitative estimate of drug-likeness (QED) is 0.867. The second-order valence-corrected chi connectivity index (χ2v) is 5.78. The number of rotatable bonds is 5. The van der Waals surface area contributed by atoms with Gasteiger partial charge < -0.3 is 10.4 Å². The zero-order valence-corrected chi connectivity index (χ0v) is 12.0. The number of amides is 1. The van der Waals surface area contributed by atoms with Gasteiger partial charge in [0.05, 0.1) is 11.8 Å². The third-order valence-corrected chi connectivity index (χ3v) is 4.07. The highest BCUT2D eigenvalue weighted by Gasteiger charge is 2.45. The van der Waals surface area contributed by atoms with Crippen molar-refractivity contribution in [3.63, 3.8) is 0 Å². The van der Waals surface area contributed by atoms with Crippen LogP contribution in [-0.2, 0) is 15.0 Å². The fourth-order valence-electron chi connectivity index (χ4n) is 2.79. The summed E-state index contributed by atoms with van der Waals surface area (Å²) in [5.41, 5.74) is 1.72. The normalized spacial score (nSPS) is 17.9. The van der Waals surface area contributed by atoms with Crippen LogP contribution in [0.25, 0.3) is 0 Å². The molecule has 1 amide bonds. The van der Waals surface area contributed by atoms with E-state index in [0.29, 0.717) is 0 Å². The summed E-state index contributed by atoms with van der Waals surface area (Å²) in [5, 5.41) is 11.6. The van der Waals surface area contributed by atoms with Crippen molar-refractivity contribution in [1.29, 1.82) is 0 Å². The number of carboxylic acid groups (broad SMARTS) is 1. The Morgan fingerprint density at radius 3 is 2.60 bits per heavy atom. The van der Waals surface area contributed by atoms with E-state index >= 15 is 0 Å². The van der Waals surface area contributed by atoms with Crippen molar-refractivity contribution in [3.8, 4) is 0 Å². The summed E-state index contributed by atoms with van der Waals surface area (Å²) >= 11 is 0. The zero-order valence-electron chi connectivity index (χ0n) is 12.0. The number of carbonyl (C=O) groups excluding carboxylic acids is 1. The Labute approximate surface area is 119 Å². The number of aryl methyl sites for hydroxylation is 1. The average molecular weight is 275 g/mol. The van der Waals surface area contributed by atoms with Crippen molar-refractivity contribution in [2.75, 3.05) is 0 Å². The molecule has 2 rings (SSSR count). The first-order chi connectivity index (χ1) is 9.44. The monoisotopic (exact) mass is 275 g/mol. The van der Waals surface area contributed by atoms with E-state index in [1.54, 1.807) is 6.92 Å². The molecule has 1 aromatic carbocycles. The van der Waals surface area contributed by atoms with Crippen LogP contribution in [0.3, 0.4) is 0 Å². The largest absolute Gasteiger partial charge is 0.481 e. The fourth-order valence-corrected chi connectivity index (χ4v) is 2.79. The first kappa shape index (κ1) is 14.6. The lowest BCUT2D eigenvalue weighted by molar-refractivity contribution is -0.138. The minimum absolute atomic E-state index is 0.0388. The number of benzene rings is 1. The van der Waals surface area contributed by atoms with E-state index < -0.39 is 11.4 Å². The molecule has 0 bridgehead atoms. The van der Waals surface area contributed by atoms with Crippen molar-refractivity contribution in [1.82, 2.24) is 5.32 Å². The second kappa shape index (κ2) is 5.65. The summed E-state index contributed by atoms with van der Waals surface area (Å²) in [6, 6.07) is 7.69. The van der Waals surface area contributed by atoms with Gasteiger partial charge in [-0.15, -0.1) is 0 Å². The Hall–Kier alpha value is -1.84. The minimum Gasteiger partial charge on any atom is -0.481 e. The summed E-state index contributed by atoms with van der Waals surface area (Å²) in [6.45, 7) is 3.75. The molecule has 1 saturated carbocycles. The van der Waals surface area contributed by atoms with Gasteiger partial charge in [0.15, 0.2) is 0 Å². The Kier molecular flexibility index (Phi) is 4.12. The number of carboxylic acids is 1. The van der Waals surface area contributed by atoms with E-state index in [0.717, 1.165) is 30.4 Å². The van der Waals surface area contributed by atoms with E-state index in [1.807, 2.05) is 25.1 Å². The van der Waals surface area contributed by atoms with Gasteiger partial charge in [-0.1, -0.05) is 36.2 Å². The van der Waals surface area contributed by atoms with Crippen LogP contribution in [0.5, 0.6) is 0 Å². The highest BCUT2D eigenvalue weighted by atomic mass is 16.4. The van der Waals surface area contributed by atoms with Crippen LogP contribution in [-0.4, -0.2) is 23.0 Å². The summed E-state index contributed by atoms with van der Waals surface area (Å²) < 4.78 is 0. The van der Waals surface area contributed by atoms with Crippen LogP contribution < -0.4 is 5.32 Å². The van der Waals surface area contributed by atoms with Gasteiger partial charge in [0.1, 0.15) is 0 Å². The summed E-state index contributed by atoms with van der Waals surface area (Å²) in [6.07, 6.45) is 2.66. The van der Waals surface area contributed by atoms with E-state index in [-0.39, 0.29) is 18.4 Å². The van der Waals surface area contributed by atoms with Gasteiger partial charge in [-0.25, -0.2) is 0 Å². The molecule has 1 aliphatic rings. The van der Waals surface area contributed by atoms with Gasteiger partial charge in [-0.3, -0.25) is 9.59 Å². The van der Waals surface area contributed by atoms with Crippen molar-refractivity contribution in [3.05, 3.63) is 35.4 Å². The molecule has 4 heteroatoms. The number of hydrogen-bond acceptors (Lipinski definition) is 2. The number of carbonyl (C=O) groups is 2. The molecule has 20 heavy (non-hydrogen) atoms. The van der Waals surface area contributed by atoms with Gasteiger partial charge >= 0.3 is 5.97 Å². The van der Waals surface area contributed by atoms with Crippen molar-refractivity contribution < 1.29 is 14.7 Å². The third kappa shape index (κ3) is 2.84. The summed E-state index contributed by atoms with van der Waals surface area (Å²) in [5.74, 6) is -0.931. The van der Waals surface area contributed by atoms with Gasteiger partial charge in [0.2, 0.25) is 5.91 Å². The minimum atomic E-state index is -0.893. The number of aliphatic carboxylic acids is 1. The smallest absolute Gasteiger partial charge is 0.305 e. The van der Waals surface area contributed by atoms with Crippen LogP contribution in [0.4, 0.5) is 0 Å². The zero-order chi connectivity index (χ0) is 14.8. The van der Waals surface area contributed by atoms with Crippen molar-refractivity contribution >= 4 is 11.9 Å². The molecule has 0 aliphatic heterocycles. The predicted octanol–water partition coefficient (Wildman–Crippen LogP) is 2.40. The Bertz CT molecular complexity index is 520. The lowest BCUT2D eigenvalue weighted by Crippen LogP contribution is -2.51. The molecule has 2 N–H and O–H groups in total. The topological polar surface area (TPSA) is 66.4 Å². The fraction of sp³-hybridized carbons (Fsp3) is 0.500. The molecule has 0 radical (unpaired) electrons. The van der Waals surface area contributed by atoms with Gasteiger partial charge in [-0.2, -0.15) is 0 Å². The Balaban J connectivity index is 2.15. The maximum Gasteiger partial charge on any atom is 0.305 e. The van der Waals surface area contributed by atoms with Crippen LogP contribution in [0.2, 0.25) is 0 Å². The second-order valence-electron chi connectivity index (χ2n) is 5.78. The molecule has 1 atom stereocenters. The molecule has 0 saturated heterocycles. The molecule has 1 fully saturated rings. The first-order valence-electron chi connectivity index (χ1n) is 7.04. The standard InChI is InChI=1S/C16H21NO3/c1-11-5-3-6-13(9-11)16(7-4-8-16)15(20)17-12(2)10-14(18)19/h3,5-6,9,12H,4,7-8,10H2,1-2H3,(H,17,20)(H,18,19). The van der Waals surface area contributed by atoms with Crippen LogP contribution in [0.1, 0.15) is 43.7 Å². The molecule has 108 valence electrons. The molecule has 0 heterocycles. The molecule has 1 unspecified atom stereocenters. The van der Waals surface area contributed by atoms with Gasteiger partial charge in [0.25, 0.3) is 0 Å². The maximum absolute atomic E-state index is 12.5. The van der Waals surface area contributed by atoms with Gasteiger partial charge in [-0.05, 0) is 32.3 Å². The predicted molar refractivity (Wildman–Crippen MR) is 76.6 cm³/mol. The molecule has 1 aromatic rings. The van der Waals surface area contributed by atoms with Crippen molar-refractivity contribution in [2.24, 2.45) is 0 Å². The first-order valence-corrected chi connectivity index (χ1v) is 7.04. The SMILES string of the molecule is Cc1cccc(C2(C(=O)NC(C)CC(=O)O)CCC2)c1. The maximum atomic E-state index is 12.5. The molecule has 0 spiro atoms. The lowest BCUT2D eigenvalue weighted by atomic mass is 9.63. The summed E-state index contributed by atoms with van der Waals surface area (Å²) in [4.78, 5) is 23.2. The van der Waals surface area contributed by atoms with E-state index in [4.69, 9.17) is 5.11 Å². The molecule has 0 aromatic heterocycles. The van der Waals surface area contributed by atoms with Crippen LogP contribution in [0, 0.1) is 6.92 Å². The molecule has 1 aliphatic carbocycles. The highest BCUT2D eigenvalue weighted by molar-refractivity contribution is 5.89. The van der Waals surface area contributed by atoms with E-state index in [2.05, 4.69) is 11.4 Å². The van der Waals surface area contributed by atoms with Crippen LogP contribution >= 0.6 is 0 Å². The highest BCUT2D eigenvalue weighted by Crippen LogP contribution is 2.44. The Morgan fingerprint density at radius 1 is 1.40 bits per heavy atom. The molecule has 4 nitrogen and oxygen atoms in total. The third-order valence-electron chi connectivity index (χ3n) is 4.07. The average Bonchev–Trinajstić information content (AvgIpc) is 2.25. The van der Waals surface area contributed by atoms with Crippen LogP contribution in [0.15, 0.2) is 24.3 Å². The number of hydrogen-bond donors (Lipinski definition) is 2.